The Morgan fingerprint density at radius 3 is 2.87 bits per heavy atom. The van der Waals surface area contributed by atoms with Crippen molar-refractivity contribution in [2.24, 2.45) is 0 Å². The van der Waals surface area contributed by atoms with Gasteiger partial charge in [-0.3, -0.25) is 5.41 Å². The second kappa shape index (κ2) is 4.10. The van der Waals surface area contributed by atoms with Gasteiger partial charge in [0.1, 0.15) is 13.2 Å². The van der Waals surface area contributed by atoms with Crippen molar-refractivity contribution in [3.05, 3.63) is 22.2 Å². The van der Waals surface area contributed by atoms with Gasteiger partial charge in [0.05, 0.1) is 11.6 Å². The third-order valence-electron chi connectivity index (χ3n) is 2.06. The van der Waals surface area contributed by atoms with E-state index < -0.39 is 0 Å². The lowest BCUT2D eigenvalue weighted by Gasteiger charge is -2.20. The zero-order valence-corrected chi connectivity index (χ0v) is 9.76. The Hall–Kier alpha value is -1.23. The lowest BCUT2D eigenvalue weighted by Crippen LogP contribution is -2.16. The zero-order valence-electron chi connectivity index (χ0n) is 8.17. The quantitative estimate of drug-likeness (QED) is 0.629. The van der Waals surface area contributed by atoms with Gasteiger partial charge in [-0.2, -0.15) is 0 Å². The van der Waals surface area contributed by atoms with Gasteiger partial charge < -0.3 is 14.2 Å². The summed E-state index contributed by atoms with van der Waals surface area (Å²) in [5, 5.41) is 7.55. The van der Waals surface area contributed by atoms with Crippen LogP contribution in [0.4, 0.5) is 0 Å². The van der Waals surface area contributed by atoms with Gasteiger partial charge in [0.25, 0.3) is 0 Å². The molecule has 0 spiro atoms. The van der Waals surface area contributed by atoms with E-state index in [-0.39, 0.29) is 5.90 Å². The van der Waals surface area contributed by atoms with Crippen LogP contribution in [0, 0.1) is 5.41 Å². The van der Waals surface area contributed by atoms with Crippen molar-refractivity contribution in [3.8, 4) is 11.5 Å². The SMILES string of the molecule is COC(=N)c1cc(Br)c2c(c1)OCCO2. The fraction of sp³-hybridized carbons (Fsp3) is 0.300. The summed E-state index contributed by atoms with van der Waals surface area (Å²) in [5.74, 6) is 1.44. The maximum Gasteiger partial charge on any atom is 0.213 e. The van der Waals surface area contributed by atoms with Crippen molar-refractivity contribution in [2.45, 2.75) is 0 Å². The Morgan fingerprint density at radius 2 is 2.13 bits per heavy atom. The van der Waals surface area contributed by atoms with Crippen LogP contribution in [0.25, 0.3) is 0 Å². The van der Waals surface area contributed by atoms with E-state index in [1.807, 2.05) is 0 Å². The maximum absolute atomic E-state index is 7.55. The van der Waals surface area contributed by atoms with Crippen LogP contribution >= 0.6 is 15.9 Å². The standard InChI is InChI=1S/C10H10BrNO3/c1-13-10(12)6-4-7(11)9-8(5-6)14-2-3-15-9/h4-5,12H,2-3H2,1H3. The predicted octanol–water partition coefficient (Wildman–Crippen LogP) is 2.19. The fourth-order valence-corrected chi connectivity index (χ4v) is 1.92. The van der Waals surface area contributed by atoms with E-state index >= 15 is 0 Å². The number of nitrogens with one attached hydrogen (secondary N) is 1. The topological polar surface area (TPSA) is 51.5 Å². The molecule has 1 aromatic carbocycles. The molecule has 0 aromatic heterocycles. The van der Waals surface area contributed by atoms with Crippen LogP contribution in [-0.4, -0.2) is 26.2 Å². The molecule has 1 aliphatic heterocycles. The average molecular weight is 272 g/mol. The predicted molar refractivity (Wildman–Crippen MR) is 59.0 cm³/mol. The zero-order chi connectivity index (χ0) is 10.8. The Balaban J connectivity index is 2.45. The second-order valence-corrected chi connectivity index (χ2v) is 3.87. The summed E-state index contributed by atoms with van der Waals surface area (Å²) in [6.45, 7) is 1.08. The molecule has 5 heteroatoms. The summed E-state index contributed by atoms with van der Waals surface area (Å²) in [5.41, 5.74) is 0.661. The molecular weight excluding hydrogens is 262 g/mol. The summed E-state index contributed by atoms with van der Waals surface area (Å²) in [4.78, 5) is 0. The van der Waals surface area contributed by atoms with E-state index in [0.717, 1.165) is 4.47 Å². The van der Waals surface area contributed by atoms with Crippen molar-refractivity contribution >= 4 is 21.8 Å². The molecule has 1 heterocycles. The normalized spacial score (nSPS) is 13.5. The highest BCUT2D eigenvalue weighted by Gasteiger charge is 2.17. The third-order valence-corrected chi connectivity index (χ3v) is 2.65. The number of ether oxygens (including phenoxy) is 3. The first-order chi connectivity index (χ1) is 7.22. The Kier molecular flexibility index (Phi) is 2.81. The van der Waals surface area contributed by atoms with Crippen LogP contribution in [-0.2, 0) is 4.74 Å². The van der Waals surface area contributed by atoms with Gasteiger partial charge in [0, 0.05) is 5.56 Å². The summed E-state index contributed by atoms with van der Waals surface area (Å²) in [6.07, 6.45) is 0. The Morgan fingerprint density at radius 1 is 1.40 bits per heavy atom. The maximum atomic E-state index is 7.55. The molecule has 0 saturated heterocycles. The molecule has 1 aliphatic rings. The van der Waals surface area contributed by atoms with E-state index in [1.54, 1.807) is 12.1 Å². The van der Waals surface area contributed by atoms with Crippen LogP contribution in [0.2, 0.25) is 0 Å². The van der Waals surface area contributed by atoms with Crippen molar-refractivity contribution in [1.82, 2.24) is 0 Å². The van der Waals surface area contributed by atoms with Gasteiger partial charge in [0.2, 0.25) is 5.90 Å². The van der Waals surface area contributed by atoms with Crippen LogP contribution in [0.5, 0.6) is 11.5 Å². The smallest absolute Gasteiger partial charge is 0.213 e. The van der Waals surface area contributed by atoms with Gasteiger partial charge in [-0.15, -0.1) is 0 Å². The minimum atomic E-state index is 0.104. The third kappa shape index (κ3) is 1.92. The molecule has 2 rings (SSSR count). The van der Waals surface area contributed by atoms with Gasteiger partial charge >= 0.3 is 0 Å². The minimum absolute atomic E-state index is 0.104. The molecule has 0 saturated carbocycles. The van der Waals surface area contributed by atoms with E-state index in [0.29, 0.717) is 30.3 Å². The van der Waals surface area contributed by atoms with Crippen molar-refractivity contribution < 1.29 is 14.2 Å². The molecule has 0 fully saturated rings. The highest BCUT2D eigenvalue weighted by atomic mass is 79.9. The van der Waals surface area contributed by atoms with E-state index in [4.69, 9.17) is 19.6 Å². The first-order valence-electron chi connectivity index (χ1n) is 4.44. The average Bonchev–Trinajstić information content (AvgIpc) is 2.28. The number of halogens is 1. The van der Waals surface area contributed by atoms with E-state index in [9.17, 15) is 0 Å². The molecule has 80 valence electrons. The number of benzene rings is 1. The molecule has 0 amide bonds. The molecule has 0 aliphatic carbocycles. The highest BCUT2D eigenvalue weighted by molar-refractivity contribution is 9.10. The second-order valence-electron chi connectivity index (χ2n) is 3.02. The minimum Gasteiger partial charge on any atom is -0.486 e. The van der Waals surface area contributed by atoms with Crippen LogP contribution in [0.3, 0.4) is 0 Å². The number of fused-ring (bicyclic) bond motifs is 1. The van der Waals surface area contributed by atoms with Gasteiger partial charge in [-0.1, -0.05) is 0 Å². The molecule has 1 N–H and O–H groups in total. The Labute approximate surface area is 95.8 Å². The largest absolute Gasteiger partial charge is 0.486 e. The number of rotatable bonds is 1. The van der Waals surface area contributed by atoms with Crippen LogP contribution < -0.4 is 9.47 Å². The highest BCUT2D eigenvalue weighted by Crippen LogP contribution is 2.38. The number of hydrogen-bond acceptors (Lipinski definition) is 4. The lowest BCUT2D eigenvalue weighted by atomic mass is 10.2. The monoisotopic (exact) mass is 271 g/mol. The van der Waals surface area contributed by atoms with Crippen molar-refractivity contribution in [2.75, 3.05) is 20.3 Å². The van der Waals surface area contributed by atoms with Crippen LogP contribution in [0.15, 0.2) is 16.6 Å². The van der Waals surface area contributed by atoms with Crippen LogP contribution in [0.1, 0.15) is 5.56 Å². The molecule has 15 heavy (non-hydrogen) atoms. The first kappa shape index (κ1) is 10.3. The van der Waals surface area contributed by atoms with E-state index in [2.05, 4.69) is 15.9 Å². The molecule has 0 bridgehead atoms. The molecular formula is C10H10BrNO3. The van der Waals surface area contributed by atoms with E-state index in [1.165, 1.54) is 7.11 Å². The summed E-state index contributed by atoms with van der Waals surface area (Å²) in [7, 11) is 1.47. The molecule has 0 atom stereocenters. The van der Waals surface area contributed by atoms with Gasteiger partial charge in [-0.05, 0) is 28.1 Å². The summed E-state index contributed by atoms with van der Waals surface area (Å²) >= 11 is 3.37. The first-order valence-corrected chi connectivity index (χ1v) is 5.23. The molecule has 0 radical (unpaired) electrons. The lowest BCUT2D eigenvalue weighted by molar-refractivity contribution is 0.170. The van der Waals surface area contributed by atoms with Gasteiger partial charge in [-0.25, -0.2) is 0 Å². The Bertz CT molecular complexity index is 406. The molecule has 1 aromatic rings. The van der Waals surface area contributed by atoms with Gasteiger partial charge in [0.15, 0.2) is 11.5 Å². The summed E-state index contributed by atoms with van der Waals surface area (Å²) < 4.78 is 16.5. The molecule has 4 nitrogen and oxygen atoms in total. The number of hydrogen-bond donors (Lipinski definition) is 1. The number of methoxy groups -OCH3 is 1. The molecule has 0 unspecified atom stereocenters. The summed E-state index contributed by atoms with van der Waals surface area (Å²) in [6, 6.07) is 3.52. The van der Waals surface area contributed by atoms with Crippen molar-refractivity contribution in [3.63, 3.8) is 0 Å². The fourth-order valence-electron chi connectivity index (χ4n) is 1.36. The van der Waals surface area contributed by atoms with Crippen molar-refractivity contribution in [1.29, 1.82) is 5.41 Å².